The first-order chi connectivity index (χ1) is 26.0. The molecule has 0 aromatic carbocycles. The first kappa shape index (κ1) is 47.9. The fourth-order valence-electron chi connectivity index (χ4n) is 5.05. The molecule has 10 N–H and O–H groups in total. The van der Waals surface area contributed by atoms with E-state index >= 15 is 0 Å². The van der Waals surface area contributed by atoms with Crippen LogP contribution in [0.2, 0.25) is 0 Å². The zero-order valence-corrected chi connectivity index (χ0v) is 34.3. The summed E-state index contributed by atoms with van der Waals surface area (Å²) in [6, 6.07) is 0. The van der Waals surface area contributed by atoms with E-state index in [0.29, 0.717) is 5.75 Å². The van der Waals surface area contributed by atoms with Crippen molar-refractivity contribution in [3.63, 3.8) is 0 Å². The Morgan fingerprint density at radius 1 is 1.07 bits per heavy atom. The van der Waals surface area contributed by atoms with E-state index in [2.05, 4.69) is 34.4 Å². The second-order valence-electron chi connectivity index (χ2n) is 13.3. The molecule has 3 unspecified atom stereocenters. The maximum atomic E-state index is 12.7. The van der Waals surface area contributed by atoms with E-state index in [4.69, 9.17) is 19.5 Å². The van der Waals surface area contributed by atoms with E-state index in [1.54, 1.807) is 0 Å². The summed E-state index contributed by atoms with van der Waals surface area (Å²) in [5, 5.41) is 26.5. The van der Waals surface area contributed by atoms with Gasteiger partial charge in [-0.25, -0.2) is 28.6 Å². The summed E-state index contributed by atoms with van der Waals surface area (Å²) in [4.78, 5) is 87.7. The molecule has 8 atom stereocenters. The lowest BCUT2D eigenvalue weighted by Gasteiger charge is -2.30. The molecule has 318 valence electrons. The van der Waals surface area contributed by atoms with E-state index < -0.39 is 84.6 Å². The van der Waals surface area contributed by atoms with Gasteiger partial charge in [-0.3, -0.25) is 32.5 Å². The van der Waals surface area contributed by atoms with Crippen LogP contribution in [-0.4, -0.2) is 123 Å². The second-order valence-corrected chi connectivity index (χ2v) is 18.6. The number of carbonyl (C=O) groups is 3. The molecule has 0 spiro atoms. The molecule has 28 heteroatoms. The van der Waals surface area contributed by atoms with Crippen LogP contribution in [0.3, 0.4) is 0 Å². The summed E-state index contributed by atoms with van der Waals surface area (Å²) in [7, 11) is -16.4. The molecule has 1 aliphatic rings. The number of phosphoric ester groups is 3. The fraction of sp³-hybridized carbons (Fsp3) is 0.714. The van der Waals surface area contributed by atoms with Crippen molar-refractivity contribution in [2.75, 3.05) is 37.8 Å². The Balaban J connectivity index is 1.48. The van der Waals surface area contributed by atoms with Gasteiger partial charge < -0.3 is 50.9 Å². The highest BCUT2D eigenvalue weighted by Crippen LogP contribution is 2.61. The van der Waals surface area contributed by atoms with Crippen molar-refractivity contribution in [1.29, 1.82) is 0 Å². The predicted molar refractivity (Wildman–Crippen MR) is 196 cm³/mol. The Morgan fingerprint density at radius 3 is 2.41 bits per heavy atom. The number of nitrogens with two attached hydrogens (primary N) is 1. The number of imidazole rings is 1. The van der Waals surface area contributed by atoms with Crippen LogP contribution in [0.15, 0.2) is 12.7 Å². The Labute approximate surface area is 325 Å². The molecule has 1 fully saturated rings. The van der Waals surface area contributed by atoms with E-state index in [9.17, 15) is 57.9 Å². The lowest BCUT2D eigenvalue weighted by atomic mass is 9.87. The van der Waals surface area contributed by atoms with Gasteiger partial charge in [0.15, 0.2) is 22.8 Å². The van der Waals surface area contributed by atoms with E-state index in [-0.39, 0.29) is 47.5 Å². The number of nitrogens with zero attached hydrogens (tertiary/aromatic N) is 4. The number of hydrogen-bond donors (Lipinski definition) is 9. The number of ether oxygens (including phenoxy) is 1. The average molecular weight is 880 g/mol. The zero-order chi connectivity index (χ0) is 42.1. The van der Waals surface area contributed by atoms with Crippen LogP contribution in [0.5, 0.6) is 0 Å². The van der Waals surface area contributed by atoms with Gasteiger partial charge in [-0.05, 0) is 6.42 Å². The van der Waals surface area contributed by atoms with Crippen molar-refractivity contribution in [3.05, 3.63) is 12.7 Å². The number of fused-ring (bicyclic) bond motifs is 1. The maximum Gasteiger partial charge on any atom is 0.481 e. The number of anilines is 1. The molecule has 1 saturated heterocycles. The number of unbranched alkanes of at least 4 members (excludes halogenated alkanes) is 1. The molecule has 0 aliphatic carbocycles. The minimum absolute atomic E-state index is 0.0318. The molecule has 24 nitrogen and oxygen atoms in total. The van der Waals surface area contributed by atoms with Crippen molar-refractivity contribution in [1.82, 2.24) is 30.2 Å². The standard InChI is InChI=1S/C28H48N7O17P3S/c1-5-6-7-16(2)27(40)56-11-10-30-18(36)8-9-31-25(39)22(38)28(3,4)13-49-55(46,47)52-54(44,45)48-12-17-21(51-53(41,42)43)20(37)26(50-17)35-15-34-19-23(29)32-14-33-24(19)35/h14-17,20-22,26,37-38H,5-13H2,1-4H3,(H,30,36)(H,31,39)(H,44,45)(H,46,47)(H2,29,32,33)(H2,41,42,43)/t16?,17-,20-,21-,22+,26-/m1/s1. The molecular formula is C28H48N7O17P3S. The molecule has 3 rings (SSSR count). The molecule has 2 aromatic rings. The van der Waals surface area contributed by atoms with Crippen LogP contribution in [0.1, 0.15) is 59.6 Å². The van der Waals surface area contributed by atoms with E-state index in [1.807, 2.05) is 13.8 Å². The van der Waals surface area contributed by atoms with Gasteiger partial charge in [0.05, 0.1) is 19.5 Å². The first-order valence-corrected chi connectivity index (χ1v) is 22.5. The minimum atomic E-state index is -5.57. The Bertz CT molecular complexity index is 1820. The highest BCUT2D eigenvalue weighted by molar-refractivity contribution is 8.13. The third kappa shape index (κ3) is 14.4. The third-order valence-corrected chi connectivity index (χ3v) is 12.3. The van der Waals surface area contributed by atoms with E-state index in [0.717, 1.165) is 48.2 Å². The molecule has 0 saturated carbocycles. The van der Waals surface area contributed by atoms with Gasteiger partial charge in [-0.1, -0.05) is 52.3 Å². The molecule has 3 heterocycles. The van der Waals surface area contributed by atoms with Crippen LogP contribution in [0, 0.1) is 11.3 Å². The van der Waals surface area contributed by atoms with Crippen molar-refractivity contribution in [3.8, 4) is 0 Å². The van der Waals surface area contributed by atoms with Gasteiger partial charge in [-0.15, -0.1) is 0 Å². The van der Waals surface area contributed by atoms with Gasteiger partial charge >= 0.3 is 23.5 Å². The molecule has 0 radical (unpaired) electrons. The van der Waals surface area contributed by atoms with E-state index in [1.165, 1.54) is 13.8 Å². The summed E-state index contributed by atoms with van der Waals surface area (Å²) in [6.45, 7) is 4.44. The molecule has 56 heavy (non-hydrogen) atoms. The van der Waals surface area contributed by atoms with Crippen molar-refractivity contribution >= 4 is 69.1 Å². The quantitative estimate of drug-likeness (QED) is 0.0542. The molecule has 1 aliphatic heterocycles. The van der Waals surface area contributed by atoms with Crippen LogP contribution in [0.25, 0.3) is 11.2 Å². The van der Waals surface area contributed by atoms with Gasteiger partial charge in [0.2, 0.25) is 11.8 Å². The van der Waals surface area contributed by atoms with Crippen molar-refractivity contribution in [2.24, 2.45) is 11.3 Å². The number of amides is 2. The highest BCUT2D eigenvalue weighted by Gasteiger charge is 2.50. The van der Waals surface area contributed by atoms with Crippen LogP contribution >= 0.6 is 35.2 Å². The molecule has 0 bridgehead atoms. The Kier molecular flexibility index (Phi) is 17.5. The first-order valence-electron chi connectivity index (χ1n) is 17.0. The normalized spacial score (nSPS) is 22.2. The van der Waals surface area contributed by atoms with Crippen LogP contribution < -0.4 is 16.4 Å². The minimum Gasteiger partial charge on any atom is -0.386 e. The summed E-state index contributed by atoms with van der Waals surface area (Å²) < 4.78 is 62.1. The number of aromatic nitrogens is 4. The number of nitrogen functional groups attached to an aromatic ring is 1. The second kappa shape index (κ2) is 20.5. The average Bonchev–Trinajstić information content (AvgIpc) is 3.66. The van der Waals surface area contributed by atoms with Gasteiger partial charge in [0.25, 0.3) is 0 Å². The molecular weight excluding hydrogens is 831 g/mol. The zero-order valence-electron chi connectivity index (χ0n) is 30.8. The number of carbonyl (C=O) groups excluding carboxylic acids is 3. The van der Waals surface area contributed by atoms with Crippen molar-refractivity contribution in [2.45, 2.75) is 84.0 Å². The molecule has 2 aromatic heterocycles. The Morgan fingerprint density at radius 2 is 1.75 bits per heavy atom. The highest BCUT2D eigenvalue weighted by atomic mass is 32.2. The third-order valence-electron chi connectivity index (χ3n) is 8.14. The maximum absolute atomic E-state index is 12.7. The number of phosphoric acid groups is 3. The predicted octanol–water partition coefficient (Wildman–Crippen LogP) is 0.491. The smallest absolute Gasteiger partial charge is 0.386 e. The summed E-state index contributed by atoms with van der Waals surface area (Å²) in [5.74, 6) is -1.13. The fourth-order valence-corrected chi connectivity index (χ4v) is 8.69. The number of rotatable bonds is 23. The summed E-state index contributed by atoms with van der Waals surface area (Å²) >= 11 is 1.13. The monoisotopic (exact) mass is 879 g/mol. The SMILES string of the molecule is CCCCC(C)C(=O)SCCNC(=O)CCNC(=O)[C@H](O)C(C)(C)COP(=O)(O)OP(=O)(O)OC[C@H]1O[C@@H](n2cnc3c(N)ncnc32)[C@H](O)[C@@H]1OP(=O)(O)O. The van der Waals surface area contributed by atoms with Crippen LogP contribution in [0.4, 0.5) is 5.82 Å². The number of hydrogen-bond acceptors (Lipinski definition) is 18. The number of aliphatic hydroxyl groups excluding tert-OH is 2. The lowest BCUT2D eigenvalue weighted by Crippen LogP contribution is -2.46. The Hall–Kier alpha value is -2.44. The molecule has 2 amide bonds. The van der Waals surface area contributed by atoms with Crippen molar-refractivity contribution < 1.29 is 80.5 Å². The topological polar surface area (TPSA) is 364 Å². The number of nitrogens with one attached hydrogen (secondary N) is 2. The summed E-state index contributed by atoms with van der Waals surface area (Å²) in [6.07, 6.45) is -4.15. The summed E-state index contributed by atoms with van der Waals surface area (Å²) in [5.41, 5.74) is 4.27. The number of thioether (sulfide) groups is 1. The number of aliphatic hydroxyl groups is 2. The largest absolute Gasteiger partial charge is 0.481 e. The van der Waals surface area contributed by atoms with Gasteiger partial charge in [0.1, 0.15) is 36.3 Å². The van der Waals surface area contributed by atoms with Crippen LogP contribution in [-0.2, 0) is 50.7 Å². The lowest BCUT2D eigenvalue weighted by molar-refractivity contribution is -0.137. The van der Waals surface area contributed by atoms with Gasteiger partial charge in [0, 0.05) is 36.6 Å². The van der Waals surface area contributed by atoms with Gasteiger partial charge in [-0.2, -0.15) is 4.31 Å².